The van der Waals surface area contributed by atoms with Crippen molar-refractivity contribution >= 4 is 5.97 Å². The summed E-state index contributed by atoms with van der Waals surface area (Å²) in [5.74, 6) is 0.124. The van der Waals surface area contributed by atoms with E-state index in [9.17, 15) is 4.79 Å². The molecule has 0 radical (unpaired) electrons. The number of esters is 1. The van der Waals surface area contributed by atoms with Crippen molar-refractivity contribution in [1.29, 1.82) is 0 Å². The topological polar surface area (TPSA) is 44.8 Å². The Morgan fingerprint density at radius 3 is 1.67 bits per heavy atom. The largest absolute Gasteiger partial charge is 0.465 e. The van der Waals surface area contributed by atoms with E-state index < -0.39 is 0 Å². The summed E-state index contributed by atoms with van der Waals surface area (Å²) < 4.78 is 15.7. The second kappa shape index (κ2) is 18.7. The Morgan fingerprint density at radius 2 is 1.19 bits per heavy atom. The molecule has 0 aromatic rings. The SMILES string of the molecule is CCCCCCCCCCCCCCCCCC(=O)OCC1COCOC1. The third-order valence-electron chi connectivity index (χ3n) is 5.34. The summed E-state index contributed by atoms with van der Waals surface area (Å²) in [5, 5.41) is 0. The summed E-state index contributed by atoms with van der Waals surface area (Å²) in [5.41, 5.74) is 0. The molecular formula is C23H44O4. The van der Waals surface area contributed by atoms with Gasteiger partial charge >= 0.3 is 5.97 Å². The molecule has 1 aliphatic rings. The third kappa shape index (κ3) is 16.1. The molecule has 27 heavy (non-hydrogen) atoms. The Bertz CT molecular complexity index is 326. The van der Waals surface area contributed by atoms with Gasteiger partial charge in [-0.1, -0.05) is 96.8 Å². The van der Waals surface area contributed by atoms with Crippen molar-refractivity contribution in [3.05, 3.63) is 0 Å². The van der Waals surface area contributed by atoms with Crippen molar-refractivity contribution in [2.24, 2.45) is 5.92 Å². The smallest absolute Gasteiger partial charge is 0.305 e. The highest BCUT2D eigenvalue weighted by atomic mass is 16.7. The van der Waals surface area contributed by atoms with Crippen LogP contribution in [0.5, 0.6) is 0 Å². The first-order valence-corrected chi connectivity index (χ1v) is 11.6. The first kappa shape index (κ1) is 24.4. The normalized spacial score (nSPS) is 15.1. The lowest BCUT2D eigenvalue weighted by Crippen LogP contribution is -2.28. The van der Waals surface area contributed by atoms with E-state index in [1.807, 2.05) is 0 Å². The minimum Gasteiger partial charge on any atom is -0.465 e. The van der Waals surface area contributed by atoms with E-state index in [0.29, 0.717) is 33.0 Å². The van der Waals surface area contributed by atoms with Crippen LogP contribution in [0.4, 0.5) is 0 Å². The van der Waals surface area contributed by atoms with Crippen LogP contribution < -0.4 is 0 Å². The summed E-state index contributed by atoms with van der Waals surface area (Å²) >= 11 is 0. The number of unbranched alkanes of at least 4 members (excludes halogenated alkanes) is 14. The van der Waals surface area contributed by atoms with Crippen LogP contribution in [0.2, 0.25) is 0 Å². The molecule has 0 amide bonds. The van der Waals surface area contributed by atoms with Gasteiger partial charge in [0.2, 0.25) is 0 Å². The monoisotopic (exact) mass is 384 g/mol. The van der Waals surface area contributed by atoms with Crippen molar-refractivity contribution in [2.75, 3.05) is 26.6 Å². The molecule has 1 saturated heterocycles. The number of rotatable bonds is 18. The first-order chi connectivity index (χ1) is 13.3. The number of hydrogen-bond acceptors (Lipinski definition) is 4. The van der Waals surface area contributed by atoms with Crippen molar-refractivity contribution in [3.63, 3.8) is 0 Å². The van der Waals surface area contributed by atoms with Crippen LogP contribution in [0.3, 0.4) is 0 Å². The first-order valence-electron chi connectivity index (χ1n) is 11.6. The highest BCUT2D eigenvalue weighted by Crippen LogP contribution is 2.14. The van der Waals surface area contributed by atoms with Crippen LogP contribution in [0.25, 0.3) is 0 Å². The number of ether oxygens (including phenoxy) is 3. The maximum absolute atomic E-state index is 11.7. The Hall–Kier alpha value is -0.610. The maximum atomic E-state index is 11.7. The lowest BCUT2D eigenvalue weighted by Gasteiger charge is -2.21. The lowest BCUT2D eigenvalue weighted by molar-refractivity contribution is -0.158. The van der Waals surface area contributed by atoms with Gasteiger partial charge < -0.3 is 14.2 Å². The van der Waals surface area contributed by atoms with Gasteiger partial charge in [0, 0.05) is 12.3 Å². The van der Waals surface area contributed by atoms with Crippen molar-refractivity contribution in [3.8, 4) is 0 Å². The van der Waals surface area contributed by atoms with Crippen molar-refractivity contribution in [2.45, 2.75) is 110 Å². The van der Waals surface area contributed by atoms with Gasteiger partial charge in [0.15, 0.2) is 0 Å². The lowest BCUT2D eigenvalue weighted by atomic mass is 10.0. The van der Waals surface area contributed by atoms with E-state index in [-0.39, 0.29) is 11.9 Å². The van der Waals surface area contributed by atoms with Crippen LogP contribution in [0.15, 0.2) is 0 Å². The molecule has 1 rings (SSSR count). The van der Waals surface area contributed by atoms with Crippen LogP contribution >= 0.6 is 0 Å². The van der Waals surface area contributed by atoms with Crippen molar-refractivity contribution in [1.82, 2.24) is 0 Å². The summed E-state index contributed by atoms with van der Waals surface area (Å²) in [4.78, 5) is 11.7. The number of carbonyl (C=O) groups is 1. The number of carbonyl (C=O) groups excluding carboxylic acids is 1. The Morgan fingerprint density at radius 1 is 0.741 bits per heavy atom. The molecule has 4 heteroatoms. The molecule has 0 N–H and O–H groups in total. The summed E-state index contributed by atoms with van der Waals surface area (Å²) in [6, 6.07) is 0. The predicted molar refractivity (Wildman–Crippen MR) is 111 cm³/mol. The zero-order valence-electron chi connectivity index (χ0n) is 17.9. The molecule has 0 saturated carbocycles. The molecule has 0 unspecified atom stereocenters. The van der Waals surface area contributed by atoms with E-state index in [2.05, 4.69) is 6.92 Å². The van der Waals surface area contributed by atoms with Gasteiger partial charge in [0.05, 0.1) is 19.8 Å². The van der Waals surface area contributed by atoms with Gasteiger partial charge in [0.25, 0.3) is 0 Å². The zero-order valence-corrected chi connectivity index (χ0v) is 17.9. The molecule has 4 nitrogen and oxygen atoms in total. The van der Waals surface area contributed by atoms with Gasteiger partial charge in [-0.05, 0) is 6.42 Å². The van der Waals surface area contributed by atoms with Gasteiger partial charge in [-0.15, -0.1) is 0 Å². The maximum Gasteiger partial charge on any atom is 0.305 e. The van der Waals surface area contributed by atoms with E-state index >= 15 is 0 Å². The highest BCUT2D eigenvalue weighted by Gasteiger charge is 2.16. The van der Waals surface area contributed by atoms with Crippen LogP contribution in [0.1, 0.15) is 110 Å². The summed E-state index contributed by atoms with van der Waals surface area (Å²) in [6.07, 6.45) is 20.6. The Labute approximate surface area is 167 Å². The van der Waals surface area contributed by atoms with Crippen LogP contribution in [0, 0.1) is 5.92 Å². The minimum absolute atomic E-state index is 0.0738. The molecule has 0 bridgehead atoms. The van der Waals surface area contributed by atoms with Gasteiger partial charge in [-0.3, -0.25) is 4.79 Å². The highest BCUT2D eigenvalue weighted by molar-refractivity contribution is 5.69. The molecule has 0 spiro atoms. The second-order valence-electron chi connectivity index (χ2n) is 8.11. The zero-order chi connectivity index (χ0) is 19.4. The van der Waals surface area contributed by atoms with Crippen LogP contribution in [-0.4, -0.2) is 32.6 Å². The standard InChI is InChI=1S/C23H44O4/c1-2-3-4-5-6-7-8-9-10-11-12-13-14-15-16-17-23(24)27-20-22-18-25-21-26-19-22/h22H,2-21H2,1H3. The fourth-order valence-corrected chi connectivity index (χ4v) is 3.56. The van der Waals surface area contributed by atoms with E-state index in [1.54, 1.807) is 0 Å². The molecule has 0 atom stereocenters. The van der Waals surface area contributed by atoms with E-state index in [4.69, 9.17) is 14.2 Å². The number of hydrogen-bond donors (Lipinski definition) is 0. The van der Waals surface area contributed by atoms with Crippen LogP contribution in [-0.2, 0) is 19.0 Å². The molecule has 160 valence electrons. The van der Waals surface area contributed by atoms with Gasteiger partial charge in [-0.25, -0.2) is 0 Å². The summed E-state index contributed by atoms with van der Waals surface area (Å²) in [6.45, 7) is 4.33. The summed E-state index contributed by atoms with van der Waals surface area (Å²) in [7, 11) is 0. The second-order valence-corrected chi connectivity index (χ2v) is 8.11. The molecule has 1 fully saturated rings. The Kier molecular flexibility index (Phi) is 17.0. The van der Waals surface area contributed by atoms with Gasteiger partial charge in [-0.2, -0.15) is 0 Å². The average Bonchev–Trinajstić information content (AvgIpc) is 2.70. The molecule has 1 heterocycles. The van der Waals surface area contributed by atoms with E-state index in [0.717, 1.165) is 12.8 Å². The fourth-order valence-electron chi connectivity index (χ4n) is 3.56. The molecular weight excluding hydrogens is 340 g/mol. The molecule has 0 aliphatic carbocycles. The Balaban J connectivity index is 1.73. The predicted octanol–water partition coefficient (Wildman–Crippen LogP) is 6.41. The molecule has 1 aliphatic heterocycles. The van der Waals surface area contributed by atoms with Gasteiger partial charge in [0.1, 0.15) is 6.79 Å². The average molecular weight is 385 g/mol. The fraction of sp³-hybridized carbons (Fsp3) is 0.957. The molecule has 0 aromatic heterocycles. The van der Waals surface area contributed by atoms with Crippen molar-refractivity contribution < 1.29 is 19.0 Å². The van der Waals surface area contributed by atoms with E-state index in [1.165, 1.54) is 83.5 Å². The quantitative estimate of drug-likeness (QED) is 0.202. The minimum atomic E-state index is -0.0738. The molecule has 0 aromatic carbocycles. The third-order valence-corrected chi connectivity index (χ3v) is 5.34.